The van der Waals surface area contributed by atoms with Crippen LogP contribution in [0.2, 0.25) is 0 Å². The lowest BCUT2D eigenvalue weighted by molar-refractivity contribution is -0.895. The quantitative estimate of drug-likeness (QED) is 0.720. The lowest BCUT2D eigenvalue weighted by Crippen LogP contribution is -3.12. The van der Waals surface area contributed by atoms with Gasteiger partial charge in [0.1, 0.15) is 6.54 Å². The first kappa shape index (κ1) is 16.2. The molecule has 1 heterocycles. The summed E-state index contributed by atoms with van der Waals surface area (Å²) in [6, 6.07) is 7.14. The third kappa shape index (κ3) is 3.92. The Labute approximate surface area is 129 Å². The van der Waals surface area contributed by atoms with E-state index < -0.39 is 0 Å². The van der Waals surface area contributed by atoms with Crippen LogP contribution in [0, 0.1) is 0 Å². The third-order valence-corrected chi connectivity index (χ3v) is 3.85. The van der Waals surface area contributed by atoms with Crippen molar-refractivity contribution >= 4 is 16.8 Å². The number of quaternary nitrogens is 1. The van der Waals surface area contributed by atoms with Crippen molar-refractivity contribution in [2.24, 2.45) is 0 Å². The van der Waals surface area contributed by atoms with Gasteiger partial charge >= 0.3 is 0 Å². The minimum atomic E-state index is -0.185. The molecule has 0 aliphatic carbocycles. The molecule has 0 aliphatic rings. The summed E-state index contributed by atoms with van der Waals surface area (Å²) in [4.78, 5) is 29.9. The number of fused-ring (bicyclic) bond motifs is 1. The van der Waals surface area contributed by atoms with Crippen LogP contribution in [-0.2, 0) is 11.3 Å². The largest absolute Gasteiger partial charge is 0.349 e. The SMILES string of the molecule is CC[NH+](CC)CCNC(=O)Cn1cnc2ccccc2c1=O. The van der Waals surface area contributed by atoms with Crippen LogP contribution in [0.1, 0.15) is 13.8 Å². The van der Waals surface area contributed by atoms with Crippen LogP contribution >= 0.6 is 0 Å². The first-order chi connectivity index (χ1) is 10.7. The fourth-order valence-corrected chi connectivity index (χ4v) is 2.41. The van der Waals surface area contributed by atoms with Gasteiger partial charge in [-0.3, -0.25) is 14.2 Å². The molecular weight excluding hydrogens is 280 g/mol. The van der Waals surface area contributed by atoms with E-state index in [0.717, 1.165) is 19.6 Å². The van der Waals surface area contributed by atoms with Gasteiger partial charge in [0.05, 0.1) is 43.4 Å². The average Bonchev–Trinajstić information content (AvgIpc) is 2.54. The van der Waals surface area contributed by atoms with Crippen molar-refractivity contribution in [2.45, 2.75) is 20.4 Å². The highest BCUT2D eigenvalue weighted by molar-refractivity contribution is 5.78. The smallest absolute Gasteiger partial charge is 0.261 e. The molecule has 0 aliphatic heterocycles. The molecule has 1 aromatic heterocycles. The number of nitrogens with zero attached hydrogens (tertiary/aromatic N) is 2. The van der Waals surface area contributed by atoms with Crippen LogP contribution in [0.25, 0.3) is 10.9 Å². The van der Waals surface area contributed by atoms with Gasteiger partial charge in [0.15, 0.2) is 0 Å². The summed E-state index contributed by atoms with van der Waals surface area (Å²) in [5.74, 6) is -0.161. The Kier molecular flexibility index (Phi) is 5.66. The molecule has 0 spiro atoms. The van der Waals surface area contributed by atoms with Crippen molar-refractivity contribution in [1.29, 1.82) is 0 Å². The minimum absolute atomic E-state index is 0.00422. The molecule has 2 aromatic rings. The number of likely N-dealkylation sites (N-methyl/N-ethyl adjacent to an activating group) is 1. The van der Waals surface area contributed by atoms with Crippen LogP contribution in [0.5, 0.6) is 0 Å². The second-order valence-corrected chi connectivity index (χ2v) is 5.25. The highest BCUT2D eigenvalue weighted by Crippen LogP contribution is 2.04. The molecule has 2 N–H and O–H groups in total. The average molecular weight is 303 g/mol. The Morgan fingerprint density at radius 1 is 1.27 bits per heavy atom. The van der Waals surface area contributed by atoms with Crippen molar-refractivity contribution < 1.29 is 9.69 Å². The summed E-state index contributed by atoms with van der Waals surface area (Å²) in [5.41, 5.74) is 0.462. The molecule has 0 fully saturated rings. The molecular formula is C16H23N4O2+. The molecule has 1 amide bonds. The van der Waals surface area contributed by atoms with Crippen LogP contribution < -0.4 is 15.8 Å². The van der Waals surface area contributed by atoms with Crippen molar-refractivity contribution in [3.63, 3.8) is 0 Å². The summed E-state index contributed by atoms with van der Waals surface area (Å²) in [5, 5.41) is 3.39. The standard InChI is InChI=1S/C16H22N4O2/c1-3-19(4-2)10-9-17-15(21)11-20-12-18-14-8-6-5-7-13(14)16(20)22/h5-8,12H,3-4,9-11H2,1-2H3,(H,17,21)/p+1. The molecule has 118 valence electrons. The van der Waals surface area contributed by atoms with E-state index in [1.165, 1.54) is 15.8 Å². The number of nitrogens with one attached hydrogen (secondary N) is 2. The maximum absolute atomic E-state index is 12.3. The lowest BCUT2D eigenvalue weighted by atomic mass is 10.2. The van der Waals surface area contributed by atoms with Crippen LogP contribution in [0.3, 0.4) is 0 Å². The van der Waals surface area contributed by atoms with E-state index >= 15 is 0 Å². The van der Waals surface area contributed by atoms with E-state index in [0.29, 0.717) is 17.4 Å². The Morgan fingerprint density at radius 2 is 2.00 bits per heavy atom. The van der Waals surface area contributed by atoms with E-state index in [9.17, 15) is 9.59 Å². The summed E-state index contributed by atoms with van der Waals surface area (Å²) >= 11 is 0. The Morgan fingerprint density at radius 3 is 2.73 bits per heavy atom. The highest BCUT2D eigenvalue weighted by atomic mass is 16.2. The van der Waals surface area contributed by atoms with Crippen molar-refractivity contribution in [3.8, 4) is 0 Å². The molecule has 6 heteroatoms. The van der Waals surface area contributed by atoms with E-state index in [2.05, 4.69) is 24.1 Å². The van der Waals surface area contributed by atoms with E-state index in [4.69, 9.17) is 0 Å². The van der Waals surface area contributed by atoms with Crippen LogP contribution in [0.4, 0.5) is 0 Å². The zero-order chi connectivity index (χ0) is 15.9. The molecule has 2 rings (SSSR count). The maximum atomic E-state index is 12.3. The third-order valence-electron chi connectivity index (χ3n) is 3.85. The Bertz CT molecular complexity index is 692. The Balaban J connectivity index is 1.97. The second-order valence-electron chi connectivity index (χ2n) is 5.25. The number of rotatable bonds is 7. The van der Waals surface area contributed by atoms with Gasteiger partial charge < -0.3 is 10.2 Å². The first-order valence-corrected chi connectivity index (χ1v) is 7.70. The van der Waals surface area contributed by atoms with Gasteiger partial charge in [-0.1, -0.05) is 12.1 Å². The van der Waals surface area contributed by atoms with Gasteiger partial charge in [0.2, 0.25) is 5.91 Å². The maximum Gasteiger partial charge on any atom is 0.261 e. The van der Waals surface area contributed by atoms with Crippen LogP contribution in [0.15, 0.2) is 35.4 Å². The second kappa shape index (κ2) is 7.70. The molecule has 0 atom stereocenters. The van der Waals surface area contributed by atoms with Crippen molar-refractivity contribution in [3.05, 3.63) is 40.9 Å². The molecule has 6 nitrogen and oxygen atoms in total. The van der Waals surface area contributed by atoms with Crippen molar-refractivity contribution in [1.82, 2.24) is 14.9 Å². The molecule has 0 unspecified atom stereocenters. The topological polar surface area (TPSA) is 68.4 Å². The number of carbonyl (C=O) groups is 1. The van der Waals surface area contributed by atoms with Crippen LogP contribution in [-0.4, -0.2) is 41.6 Å². The highest BCUT2D eigenvalue weighted by Gasteiger charge is 2.08. The normalized spacial score (nSPS) is 11.0. The van der Waals surface area contributed by atoms with E-state index in [1.807, 2.05) is 6.07 Å². The Hall–Kier alpha value is -2.21. The number of hydrogen-bond acceptors (Lipinski definition) is 3. The zero-order valence-corrected chi connectivity index (χ0v) is 13.1. The van der Waals surface area contributed by atoms with Gasteiger partial charge in [0, 0.05) is 0 Å². The number of carbonyl (C=O) groups excluding carboxylic acids is 1. The van der Waals surface area contributed by atoms with Gasteiger partial charge in [-0.25, -0.2) is 4.98 Å². The molecule has 0 radical (unpaired) electrons. The summed E-state index contributed by atoms with van der Waals surface area (Å²) in [6.07, 6.45) is 1.43. The molecule has 1 aromatic carbocycles. The number of aromatic nitrogens is 2. The first-order valence-electron chi connectivity index (χ1n) is 7.70. The van der Waals surface area contributed by atoms with Gasteiger partial charge in [0.25, 0.3) is 5.56 Å². The minimum Gasteiger partial charge on any atom is -0.349 e. The number of hydrogen-bond donors (Lipinski definition) is 2. The van der Waals surface area contributed by atoms with E-state index in [-0.39, 0.29) is 18.0 Å². The molecule has 0 saturated heterocycles. The molecule has 22 heavy (non-hydrogen) atoms. The van der Waals surface area contributed by atoms with Crippen molar-refractivity contribution in [2.75, 3.05) is 26.2 Å². The zero-order valence-electron chi connectivity index (χ0n) is 13.1. The predicted octanol–water partition coefficient (Wildman–Crippen LogP) is -0.563. The fraction of sp³-hybridized carbons (Fsp3) is 0.438. The molecule has 0 saturated carbocycles. The fourth-order valence-electron chi connectivity index (χ4n) is 2.41. The summed E-state index contributed by atoms with van der Waals surface area (Å²) in [7, 11) is 0. The van der Waals surface area contributed by atoms with Gasteiger partial charge in [-0.15, -0.1) is 0 Å². The summed E-state index contributed by atoms with van der Waals surface area (Å²) in [6.45, 7) is 7.85. The number of benzene rings is 1. The van der Waals surface area contributed by atoms with Gasteiger partial charge in [-0.2, -0.15) is 0 Å². The monoisotopic (exact) mass is 303 g/mol. The van der Waals surface area contributed by atoms with E-state index in [1.54, 1.807) is 18.2 Å². The number of para-hydroxylation sites is 1. The summed E-state index contributed by atoms with van der Waals surface area (Å²) < 4.78 is 1.35. The number of amides is 1. The predicted molar refractivity (Wildman–Crippen MR) is 85.9 cm³/mol. The molecule has 0 bridgehead atoms. The van der Waals surface area contributed by atoms with Gasteiger partial charge in [-0.05, 0) is 26.0 Å². The lowest BCUT2D eigenvalue weighted by Gasteiger charge is -2.15.